The van der Waals surface area contributed by atoms with Crippen molar-refractivity contribution >= 4 is 15.7 Å². The van der Waals surface area contributed by atoms with Gasteiger partial charge < -0.3 is 5.32 Å². The monoisotopic (exact) mass is 308 g/mol. The van der Waals surface area contributed by atoms with E-state index in [2.05, 4.69) is 10.0 Å². The van der Waals surface area contributed by atoms with Crippen molar-refractivity contribution in [1.82, 2.24) is 4.72 Å². The molecule has 1 unspecified atom stereocenters. The zero-order valence-electron chi connectivity index (χ0n) is 11.8. The van der Waals surface area contributed by atoms with E-state index in [1.54, 1.807) is 50.4 Å². The SMILES string of the molecule is CNc1ccccc1S(=O)(=O)NC(C)c1ccccc1F. The van der Waals surface area contributed by atoms with Crippen LogP contribution in [0.4, 0.5) is 10.1 Å². The Labute approximate surface area is 124 Å². The van der Waals surface area contributed by atoms with Crippen LogP contribution in [-0.4, -0.2) is 15.5 Å². The van der Waals surface area contributed by atoms with E-state index in [1.165, 1.54) is 12.1 Å². The van der Waals surface area contributed by atoms with Gasteiger partial charge in [0, 0.05) is 18.7 Å². The van der Waals surface area contributed by atoms with Crippen LogP contribution in [0.1, 0.15) is 18.5 Å². The minimum absolute atomic E-state index is 0.135. The van der Waals surface area contributed by atoms with E-state index in [0.717, 1.165) is 0 Å². The van der Waals surface area contributed by atoms with Crippen molar-refractivity contribution in [2.45, 2.75) is 17.9 Å². The summed E-state index contributed by atoms with van der Waals surface area (Å²) in [4.78, 5) is 0.135. The standard InChI is InChI=1S/C15H17FN2O2S/c1-11(12-7-3-4-8-13(12)16)18-21(19,20)15-10-6-5-9-14(15)17-2/h3-11,17-18H,1-2H3. The summed E-state index contributed by atoms with van der Waals surface area (Å²) in [5.41, 5.74) is 0.800. The largest absolute Gasteiger partial charge is 0.387 e. The normalized spacial score (nSPS) is 12.9. The number of hydrogen-bond acceptors (Lipinski definition) is 3. The topological polar surface area (TPSA) is 58.2 Å². The second-order valence-corrected chi connectivity index (χ2v) is 6.29. The van der Waals surface area contributed by atoms with Crippen molar-refractivity contribution in [3.63, 3.8) is 0 Å². The van der Waals surface area contributed by atoms with E-state index in [0.29, 0.717) is 11.3 Å². The molecule has 0 heterocycles. The number of hydrogen-bond donors (Lipinski definition) is 2. The van der Waals surface area contributed by atoms with Gasteiger partial charge in [0.05, 0.1) is 5.69 Å². The quantitative estimate of drug-likeness (QED) is 0.893. The summed E-state index contributed by atoms with van der Waals surface area (Å²) in [5, 5.41) is 2.83. The second-order valence-electron chi connectivity index (χ2n) is 4.61. The van der Waals surface area contributed by atoms with Gasteiger partial charge in [-0.3, -0.25) is 0 Å². The number of benzene rings is 2. The maximum absolute atomic E-state index is 13.7. The molecule has 112 valence electrons. The predicted octanol–water partition coefficient (Wildman–Crippen LogP) is 2.91. The smallest absolute Gasteiger partial charge is 0.243 e. The maximum atomic E-state index is 13.7. The minimum atomic E-state index is -3.75. The molecular formula is C15H17FN2O2S. The summed E-state index contributed by atoms with van der Waals surface area (Å²) in [7, 11) is -2.10. The lowest BCUT2D eigenvalue weighted by Crippen LogP contribution is -2.28. The summed E-state index contributed by atoms with van der Waals surface area (Å²) in [6, 6.07) is 12.0. The average molecular weight is 308 g/mol. The Bertz CT molecular complexity index is 732. The maximum Gasteiger partial charge on any atom is 0.243 e. The third kappa shape index (κ3) is 3.40. The predicted molar refractivity (Wildman–Crippen MR) is 81.1 cm³/mol. The molecule has 0 saturated carbocycles. The van der Waals surface area contributed by atoms with Crippen molar-refractivity contribution in [3.05, 3.63) is 59.9 Å². The highest BCUT2D eigenvalue weighted by Crippen LogP contribution is 2.23. The lowest BCUT2D eigenvalue weighted by Gasteiger charge is -2.17. The fourth-order valence-corrected chi connectivity index (χ4v) is 3.53. The Kier molecular flexibility index (Phi) is 4.59. The summed E-state index contributed by atoms with van der Waals surface area (Å²) >= 11 is 0. The van der Waals surface area contributed by atoms with Gasteiger partial charge in [-0.15, -0.1) is 0 Å². The molecule has 21 heavy (non-hydrogen) atoms. The molecule has 0 fully saturated rings. The molecule has 0 aliphatic rings. The van der Waals surface area contributed by atoms with Gasteiger partial charge in [-0.05, 0) is 25.1 Å². The number of nitrogens with one attached hydrogen (secondary N) is 2. The molecule has 0 amide bonds. The van der Waals surface area contributed by atoms with Gasteiger partial charge in [-0.2, -0.15) is 0 Å². The van der Waals surface area contributed by atoms with E-state index in [9.17, 15) is 12.8 Å². The van der Waals surface area contributed by atoms with Crippen molar-refractivity contribution < 1.29 is 12.8 Å². The van der Waals surface area contributed by atoms with E-state index in [4.69, 9.17) is 0 Å². The molecule has 2 rings (SSSR count). The molecule has 0 saturated heterocycles. The highest BCUT2D eigenvalue weighted by atomic mass is 32.2. The van der Waals surface area contributed by atoms with E-state index in [1.807, 2.05) is 0 Å². The van der Waals surface area contributed by atoms with Crippen LogP contribution >= 0.6 is 0 Å². The highest BCUT2D eigenvalue weighted by molar-refractivity contribution is 7.89. The number of anilines is 1. The van der Waals surface area contributed by atoms with Gasteiger partial charge in [0.25, 0.3) is 0 Å². The number of halogens is 1. The van der Waals surface area contributed by atoms with Gasteiger partial charge >= 0.3 is 0 Å². The molecular weight excluding hydrogens is 291 g/mol. The van der Waals surface area contributed by atoms with E-state index < -0.39 is 21.9 Å². The molecule has 0 spiro atoms. The van der Waals surface area contributed by atoms with Gasteiger partial charge in [0.2, 0.25) is 10.0 Å². The molecule has 0 aliphatic carbocycles. The van der Waals surface area contributed by atoms with E-state index >= 15 is 0 Å². The summed E-state index contributed by atoms with van der Waals surface area (Å²) in [6.45, 7) is 1.61. The zero-order chi connectivity index (χ0) is 15.5. The zero-order valence-corrected chi connectivity index (χ0v) is 12.6. The first-order valence-corrected chi connectivity index (χ1v) is 7.97. The molecule has 0 bridgehead atoms. The molecule has 0 aromatic heterocycles. The van der Waals surface area contributed by atoms with E-state index in [-0.39, 0.29) is 4.90 Å². The second kappa shape index (κ2) is 6.24. The first-order chi connectivity index (χ1) is 9.95. The average Bonchev–Trinajstić information content (AvgIpc) is 2.47. The molecule has 2 N–H and O–H groups in total. The van der Waals surface area contributed by atoms with Crippen LogP contribution in [0, 0.1) is 5.82 Å². The summed E-state index contributed by atoms with van der Waals surface area (Å²) in [5.74, 6) is -0.436. The van der Waals surface area contributed by atoms with Gasteiger partial charge in [0.15, 0.2) is 0 Å². The van der Waals surface area contributed by atoms with Crippen LogP contribution in [0.15, 0.2) is 53.4 Å². The Balaban J connectivity index is 2.32. The molecule has 2 aromatic carbocycles. The number of rotatable bonds is 5. The van der Waals surface area contributed by atoms with Crippen molar-refractivity contribution in [2.75, 3.05) is 12.4 Å². The summed E-state index contributed by atoms with van der Waals surface area (Å²) < 4.78 is 41.1. The first-order valence-electron chi connectivity index (χ1n) is 6.49. The molecule has 6 heteroatoms. The molecule has 1 atom stereocenters. The number of sulfonamides is 1. The third-order valence-corrected chi connectivity index (χ3v) is 4.75. The lowest BCUT2D eigenvalue weighted by atomic mass is 10.1. The molecule has 0 radical (unpaired) electrons. The van der Waals surface area contributed by atoms with Crippen LogP contribution in [0.3, 0.4) is 0 Å². The Morgan fingerprint density at radius 2 is 1.67 bits per heavy atom. The Morgan fingerprint density at radius 1 is 1.05 bits per heavy atom. The third-order valence-electron chi connectivity index (χ3n) is 3.15. The molecule has 0 aliphatic heterocycles. The minimum Gasteiger partial charge on any atom is -0.387 e. The van der Waals surface area contributed by atoms with Gasteiger partial charge in [-0.25, -0.2) is 17.5 Å². The van der Waals surface area contributed by atoms with Crippen LogP contribution in [0.25, 0.3) is 0 Å². The Morgan fingerprint density at radius 3 is 2.33 bits per heavy atom. The van der Waals surface area contributed by atoms with Gasteiger partial charge in [-0.1, -0.05) is 30.3 Å². The fourth-order valence-electron chi connectivity index (χ4n) is 2.09. The lowest BCUT2D eigenvalue weighted by molar-refractivity contribution is 0.550. The van der Waals surface area contributed by atoms with Crippen LogP contribution in [0.5, 0.6) is 0 Å². The fraction of sp³-hybridized carbons (Fsp3) is 0.200. The van der Waals surface area contributed by atoms with Crippen LogP contribution in [-0.2, 0) is 10.0 Å². The van der Waals surface area contributed by atoms with Gasteiger partial charge in [0.1, 0.15) is 10.7 Å². The van der Waals surface area contributed by atoms with Crippen molar-refractivity contribution in [3.8, 4) is 0 Å². The van der Waals surface area contributed by atoms with Crippen LogP contribution < -0.4 is 10.0 Å². The number of para-hydroxylation sites is 1. The van der Waals surface area contributed by atoms with Crippen molar-refractivity contribution in [2.24, 2.45) is 0 Å². The van der Waals surface area contributed by atoms with Crippen LogP contribution in [0.2, 0.25) is 0 Å². The molecule has 2 aromatic rings. The van der Waals surface area contributed by atoms with Crippen molar-refractivity contribution in [1.29, 1.82) is 0 Å². The summed E-state index contributed by atoms with van der Waals surface area (Å²) in [6.07, 6.45) is 0. The first kappa shape index (κ1) is 15.5. The Hall–Kier alpha value is -1.92. The highest BCUT2D eigenvalue weighted by Gasteiger charge is 2.22. The molecule has 4 nitrogen and oxygen atoms in total.